The van der Waals surface area contributed by atoms with E-state index in [0.717, 1.165) is 9.94 Å². The van der Waals surface area contributed by atoms with Crippen molar-refractivity contribution in [3.05, 3.63) is 62.4 Å². The maximum absolute atomic E-state index is 12.9. The van der Waals surface area contributed by atoms with Gasteiger partial charge in [0.1, 0.15) is 6.04 Å². The van der Waals surface area contributed by atoms with Crippen LogP contribution in [0.15, 0.2) is 41.8 Å². The molecule has 1 aromatic carbocycles. The van der Waals surface area contributed by atoms with E-state index in [4.69, 9.17) is 11.6 Å². The monoisotopic (exact) mass is 350 g/mol. The van der Waals surface area contributed by atoms with Gasteiger partial charge in [-0.05, 0) is 42.6 Å². The molecule has 23 heavy (non-hydrogen) atoms. The molecule has 0 fully saturated rings. The first kappa shape index (κ1) is 16.1. The van der Waals surface area contributed by atoms with Gasteiger partial charge in [-0.25, -0.2) is 0 Å². The molecule has 2 aromatic rings. The minimum atomic E-state index is -1.72. The SMILES string of the molecule is C[C@@H]1C(c2cccs2)=[N+]([O-])[C@@](C)(C(=O)c2ccc(Cl)cc2)N1O. The van der Waals surface area contributed by atoms with E-state index in [2.05, 4.69) is 0 Å². The van der Waals surface area contributed by atoms with E-state index in [1.165, 1.54) is 18.3 Å². The first-order valence-corrected chi connectivity index (χ1v) is 8.29. The highest BCUT2D eigenvalue weighted by Crippen LogP contribution is 2.32. The third-order valence-corrected chi connectivity index (χ3v) is 5.28. The van der Waals surface area contributed by atoms with Gasteiger partial charge in [-0.2, -0.15) is 4.74 Å². The quantitative estimate of drug-likeness (QED) is 0.523. The molecule has 0 saturated heterocycles. The van der Waals surface area contributed by atoms with Gasteiger partial charge in [-0.15, -0.1) is 16.4 Å². The fourth-order valence-corrected chi connectivity index (χ4v) is 3.75. The number of hydrogen-bond acceptors (Lipinski definition) is 5. The van der Waals surface area contributed by atoms with E-state index >= 15 is 0 Å². The number of carbonyl (C=O) groups excluding carboxylic acids is 1. The summed E-state index contributed by atoms with van der Waals surface area (Å²) in [5, 5.41) is 26.5. The molecule has 1 aliphatic heterocycles. The molecule has 5 nitrogen and oxygen atoms in total. The van der Waals surface area contributed by atoms with Gasteiger partial charge in [0.15, 0.2) is 0 Å². The van der Waals surface area contributed by atoms with Crippen LogP contribution >= 0.6 is 22.9 Å². The molecule has 1 N–H and O–H groups in total. The lowest BCUT2D eigenvalue weighted by Crippen LogP contribution is -2.54. The summed E-state index contributed by atoms with van der Waals surface area (Å²) in [5.41, 5.74) is -1.02. The smallest absolute Gasteiger partial charge is 0.312 e. The Bertz CT molecular complexity index is 773. The lowest BCUT2D eigenvalue weighted by molar-refractivity contribution is -0.561. The second kappa shape index (κ2) is 5.72. The van der Waals surface area contributed by atoms with Gasteiger partial charge in [0.25, 0.3) is 5.78 Å². The molecule has 0 unspecified atom stereocenters. The molecule has 1 aliphatic rings. The van der Waals surface area contributed by atoms with Gasteiger partial charge in [-0.1, -0.05) is 17.7 Å². The number of rotatable bonds is 3. The summed E-state index contributed by atoms with van der Waals surface area (Å²) in [6.07, 6.45) is 0. The fourth-order valence-electron chi connectivity index (χ4n) is 2.79. The zero-order valence-corrected chi connectivity index (χ0v) is 14.1. The fraction of sp³-hybridized carbons (Fsp3) is 0.250. The van der Waals surface area contributed by atoms with Crippen molar-refractivity contribution < 1.29 is 14.7 Å². The van der Waals surface area contributed by atoms with Crippen LogP contribution in [0.4, 0.5) is 0 Å². The summed E-state index contributed by atoms with van der Waals surface area (Å²) in [4.78, 5) is 13.6. The molecule has 0 aliphatic carbocycles. The number of nitrogens with zero attached hydrogens (tertiary/aromatic N) is 2. The van der Waals surface area contributed by atoms with Crippen molar-refractivity contribution in [2.45, 2.75) is 25.6 Å². The summed E-state index contributed by atoms with van der Waals surface area (Å²) in [7, 11) is 0. The van der Waals surface area contributed by atoms with E-state index in [1.807, 2.05) is 11.4 Å². The molecule has 0 bridgehead atoms. The number of Topliss-reactive ketones (excluding diaryl/α,β-unsaturated/α-hetero) is 1. The number of thiophene rings is 1. The zero-order chi connectivity index (χ0) is 16.8. The normalized spacial score (nSPS) is 25.1. The summed E-state index contributed by atoms with van der Waals surface area (Å²) >= 11 is 7.23. The van der Waals surface area contributed by atoms with Crippen LogP contribution in [-0.4, -0.2) is 38.2 Å². The summed E-state index contributed by atoms with van der Waals surface area (Å²) in [6.45, 7) is 3.12. The van der Waals surface area contributed by atoms with E-state index in [0.29, 0.717) is 21.0 Å². The predicted octanol–water partition coefficient (Wildman–Crippen LogP) is 3.39. The molecule has 0 saturated carbocycles. The van der Waals surface area contributed by atoms with Crippen LogP contribution in [0.5, 0.6) is 0 Å². The number of carbonyl (C=O) groups is 1. The molecular weight excluding hydrogens is 336 g/mol. The minimum absolute atomic E-state index is 0.316. The van der Waals surface area contributed by atoms with Gasteiger partial charge in [0.05, 0.1) is 4.88 Å². The number of hydrogen-bond donors (Lipinski definition) is 1. The van der Waals surface area contributed by atoms with Crippen LogP contribution < -0.4 is 0 Å². The second-order valence-corrected chi connectivity index (χ2v) is 6.92. The first-order valence-electron chi connectivity index (χ1n) is 7.04. The van der Waals surface area contributed by atoms with Gasteiger partial charge >= 0.3 is 5.66 Å². The average Bonchev–Trinajstić information content (AvgIpc) is 3.12. The Morgan fingerprint density at radius 2 is 2.04 bits per heavy atom. The van der Waals surface area contributed by atoms with Gasteiger partial charge < -0.3 is 10.4 Å². The molecule has 0 radical (unpaired) electrons. The summed E-state index contributed by atoms with van der Waals surface area (Å²) in [6, 6.07) is 9.29. The van der Waals surface area contributed by atoms with E-state index in [1.54, 1.807) is 37.3 Å². The number of ketones is 1. The van der Waals surface area contributed by atoms with Crippen molar-refractivity contribution in [3.63, 3.8) is 0 Å². The zero-order valence-electron chi connectivity index (χ0n) is 12.6. The Morgan fingerprint density at radius 3 is 2.61 bits per heavy atom. The van der Waals surface area contributed by atoms with Crippen LogP contribution in [0.1, 0.15) is 29.1 Å². The standard InChI is InChI=1S/C16H15ClN2O3S/c1-10-14(13-4-3-9-23-13)19(22)16(2,18(10)21)15(20)11-5-7-12(17)8-6-11/h3-10,21H,1-2H3/t10-,16+/m1/s1. The Balaban J connectivity index is 2.09. The van der Waals surface area contributed by atoms with E-state index in [-0.39, 0.29) is 0 Å². The first-order chi connectivity index (χ1) is 10.9. The molecule has 7 heteroatoms. The summed E-state index contributed by atoms with van der Waals surface area (Å²) < 4.78 is 0.612. The Kier molecular flexibility index (Phi) is 4.01. The molecule has 0 amide bonds. The van der Waals surface area contributed by atoms with Crippen molar-refractivity contribution >= 4 is 34.4 Å². The van der Waals surface area contributed by atoms with Crippen molar-refractivity contribution in [1.29, 1.82) is 0 Å². The lowest BCUT2D eigenvalue weighted by atomic mass is 10.00. The Hall–Kier alpha value is -1.73. The number of hydroxylamine groups is 3. The lowest BCUT2D eigenvalue weighted by Gasteiger charge is -2.27. The molecular formula is C16H15ClN2O3S. The molecule has 2 atom stereocenters. The van der Waals surface area contributed by atoms with Crippen LogP contribution in [0.25, 0.3) is 0 Å². The Morgan fingerprint density at radius 1 is 1.39 bits per heavy atom. The minimum Gasteiger partial charge on any atom is -0.622 e. The number of halogens is 1. The van der Waals surface area contributed by atoms with E-state index < -0.39 is 17.5 Å². The second-order valence-electron chi connectivity index (χ2n) is 5.53. The molecule has 120 valence electrons. The van der Waals surface area contributed by atoms with Gasteiger partial charge in [0.2, 0.25) is 5.71 Å². The Labute approximate surface area is 142 Å². The van der Waals surface area contributed by atoms with E-state index in [9.17, 15) is 15.2 Å². The molecule has 2 heterocycles. The van der Waals surface area contributed by atoms with Crippen LogP contribution in [0.3, 0.4) is 0 Å². The molecule has 0 spiro atoms. The van der Waals surface area contributed by atoms with Gasteiger partial charge in [-0.3, -0.25) is 4.79 Å². The third-order valence-electron chi connectivity index (χ3n) is 4.13. The van der Waals surface area contributed by atoms with Gasteiger partial charge in [0, 0.05) is 17.5 Å². The molecule has 3 rings (SSSR count). The highest BCUT2D eigenvalue weighted by molar-refractivity contribution is 7.12. The maximum atomic E-state index is 12.9. The van der Waals surface area contributed by atoms with Crippen molar-refractivity contribution in [1.82, 2.24) is 5.06 Å². The van der Waals surface area contributed by atoms with Crippen molar-refractivity contribution in [2.24, 2.45) is 0 Å². The predicted molar refractivity (Wildman–Crippen MR) is 89.3 cm³/mol. The van der Waals surface area contributed by atoms with Crippen molar-refractivity contribution in [2.75, 3.05) is 0 Å². The van der Waals surface area contributed by atoms with Crippen LogP contribution in [0.2, 0.25) is 5.02 Å². The topological polar surface area (TPSA) is 66.6 Å². The highest BCUT2D eigenvalue weighted by atomic mass is 35.5. The van der Waals surface area contributed by atoms with Crippen LogP contribution in [0, 0.1) is 5.21 Å². The van der Waals surface area contributed by atoms with Crippen molar-refractivity contribution in [3.8, 4) is 0 Å². The third kappa shape index (κ3) is 2.38. The van der Waals surface area contributed by atoms with Crippen LogP contribution in [-0.2, 0) is 0 Å². The maximum Gasteiger partial charge on any atom is 0.312 e. The largest absolute Gasteiger partial charge is 0.622 e. The summed E-state index contributed by atoms with van der Waals surface area (Å²) in [5.74, 6) is -0.481. The number of benzene rings is 1. The average molecular weight is 351 g/mol. The highest BCUT2D eigenvalue weighted by Gasteiger charge is 2.58. The molecule has 1 aromatic heterocycles.